The molecule has 114 valence electrons. The number of unbranched alkanes of at least 4 members (excludes halogenated alkanes) is 1. The van der Waals surface area contributed by atoms with Gasteiger partial charge in [0.05, 0.1) is 0 Å². The van der Waals surface area contributed by atoms with Crippen molar-refractivity contribution in [1.29, 1.82) is 0 Å². The van der Waals surface area contributed by atoms with Gasteiger partial charge in [-0.3, -0.25) is 9.59 Å². The average molecular weight is 297 g/mol. The van der Waals surface area contributed by atoms with Crippen LogP contribution in [-0.2, 0) is 11.3 Å². The molecule has 0 aliphatic carbocycles. The summed E-state index contributed by atoms with van der Waals surface area (Å²) in [4.78, 5) is 23.0. The van der Waals surface area contributed by atoms with Gasteiger partial charge < -0.3 is 5.32 Å². The maximum absolute atomic E-state index is 11.9. The zero-order valence-corrected chi connectivity index (χ0v) is 12.8. The Bertz CT molecular complexity index is 621. The molecule has 2 aromatic rings. The van der Waals surface area contributed by atoms with Crippen LogP contribution in [0.25, 0.3) is 0 Å². The van der Waals surface area contributed by atoms with Crippen LogP contribution in [-0.4, -0.2) is 11.7 Å². The fourth-order valence-electron chi connectivity index (χ4n) is 2.18. The highest BCUT2D eigenvalue weighted by Crippen LogP contribution is 2.11. The molecule has 0 radical (unpaired) electrons. The number of pyridine rings is 1. The number of nitrogens with zero attached hydrogens (tertiary/aromatic N) is 1. The standard InChI is InChI=1S/C18H20N2O2/c1-15(21)16-8-10-17(11-9-16)19-18(22)7-3-6-14-20-12-4-2-5-13-20/h2,4-5,8-13H,3,6-7,14H2,1H3/p+1. The Morgan fingerprint density at radius 3 is 2.32 bits per heavy atom. The summed E-state index contributed by atoms with van der Waals surface area (Å²) >= 11 is 0. The van der Waals surface area contributed by atoms with E-state index in [0.29, 0.717) is 12.0 Å². The number of carbonyl (C=O) groups is 2. The van der Waals surface area contributed by atoms with E-state index in [-0.39, 0.29) is 11.7 Å². The van der Waals surface area contributed by atoms with Gasteiger partial charge in [0.25, 0.3) is 0 Å². The van der Waals surface area contributed by atoms with Crippen LogP contribution in [0.2, 0.25) is 0 Å². The first-order valence-electron chi connectivity index (χ1n) is 7.50. The summed E-state index contributed by atoms with van der Waals surface area (Å²) in [5.41, 5.74) is 1.38. The highest BCUT2D eigenvalue weighted by molar-refractivity contribution is 5.95. The number of benzene rings is 1. The van der Waals surface area contributed by atoms with Crippen LogP contribution in [0.5, 0.6) is 0 Å². The second-order valence-electron chi connectivity index (χ2n) is 5.25. The van der Waals surface area contributed by atoms with Gasteiger partial charge in [-0.15, -0.1) is 0 Å². The molecule has 0 fully saturated rings. The van der Waals surface area contributed by atoms with E-state index in [9.17, 15) is 9.59 Å². The molecule has 0 saturated heterocycles. The molecule has 0 bridgehead atoms. The Labute approximate surface area is 130 Å². The van der Waals surface area contributed by atoms with Gasteiger partial charge >= 0.3 is 0 Å². The van der Waals surface area contributed by atoms with E-state index in [4.69, 9.17) is 0 Å². The smallest absolute Gasteiger partial charge is 0.224 e. The second-order valence-corrected chi connectivity index (χ2v) is 5.25. The fraction of sp³-hybridized carbons (Fsp3) is 0.278. The van der Waals surface area contributed by atoms with Crippen molar-refractivity contribution in [3.05, 3.63) is 60.4 Å². The second kappa shape index (κ2) is 8.08. The van der Waals surface area contributed by atoms with E-state index in [1.165, 1.54) is 6.92 Å². The number of hydrogen-bond acceptors (Lipinski definition) is 2. The molecule has 1 heterocycles. The van der Waals surface area contributed by atoms with Crippen molar-refractivity contribution < 1.29 is 14.2 Å². The van der Waals surface area contributed by atoms with Crippen molar-refractivity contribution in [2.45, 2.75) is 32.7 Å². The van der Waals surface area contributed by atoms with Crippen LogP contribution in [0.3, 0.4) is 0 Å². The molecule has 4 heteroatoms. The molecule has 22 heavy (non-hydrogen) atoms. The van der Waals surface area contributed by atoms with Crippen LogP contribution < -0.4 is 9.88 Å². The third-order valence-corrected chi connectivity index (χ3v) is 3.42. The Balaban J connectivity index is 1.70. The molecule has 0 aliphatic rings. The minimum atomic E-state index is 0.00800. The van der Waals surface area contributed by atoms with E-state index < -0.39 is 0 Å². The van der Waals surface area contributed by atoms with Gasteiger partial charge in [-0.2, -0.15) is 0 Å². The van der Waals surface area contributed by atoms with Crippen LogP contribution in [0.15, 0.2) is 54.9 Å². The van der Waals surface area contributed by atoms with Crippen molar-refractivity contribution >= 4 is 17.4 Å². The van der Waals surface area contributed by atoms with E-state index in [0.717, 1.165) is 25.1 Å². The molecule has 0 saturated carbocycles. The van der Waals surface area contributed by atoms with Gasteiger partial charge in [0.2, 0.25) is 5.91 Å². The summed E-state index contributed by atoms with van der Waals surface area (Å²) in [5.74, 6) is 0.0323. The largest absolute Gasteiger partial charge is 0.326 e. The number of hydrogen-bond donors (Lipinski definition) is 1. The summed E-state index contributed by atoms with van der Waals surface area (Å²) in [6.07, 6.45) is 6.36. The molecule has 0 spiro atoms. The zero-order chi connectivity index (χ0) is 15.8. The third-order valence-electron chi connectivity index (χ3n) is 3.42. The first-order valence-corrected chi connectivity index (χ1v) is 7.50. The number of aryl methyl sites for hydroxylation is 1. The number of amides is 1. The third kappa shape index (κ3) is 5.13. The number of Topliss-reactive ketones (excluding diaryl/α,β-unsaturated/α-hetero) is 1. The molecular weight excluding hydrogens is 276 g/mol. The predicted octanol–water partition coefficient (Wildman–Crippen LogP) is 2.99. The molecule has 1 N–H and O–H groups in total. The van der Waals surface area contributed by atoms with E-state index in [2.05, 4.69) is 9.88 Å². The molecule has 0 atom stereocenters. The minimum Gasteiger partial charge on any atom is -0.326 e. The highest BCUT2D eigenvalue weighted by Gasteiger charge is 2.05. The lowest BCUT2D eigenvalue weighted by atomic mass is 10.1. The minimum absolute atomic E-state index is 0.00800. The Morgan fingerprint density at radius 2 is 1.68 bits per heavy atom. The molecular formula is C18H21N2O2+. The SMILES string of the molecule is CC(=O)c1ccc(NC(=O)CCCC[n+]2ccccc2)cc1. The molecule has 1 amide bonds. The van der Waals surface area contributed by atoms with Crippen molar-refractivity contribution in [3.8, 4) is 0 Å². The van der Waals surface area contributed by atoms with Crippen LogP contribution in [0, 0.1) is 0 Å². The summed E-state index contributed by atoms with van der Waals surface area (Å²) in [6, 6.07) is 13.0. The van der Waals surface area contributed by atoms with E-state index in [1.54, 1.807) is 24.3 Å². The van der Waals surface area contributed by atoms with E-state index >= 15 is 0 Å². The van der Waals surface area contributed by atoms with Gasteiger partial charge in [-0.05, 0) is 37.6 Å². The average Bonchev–Trinajstić information content (AvgIpc) is 2.53. The van der Waals surface area contributed by atoms with Crippen molar-refractivity contribution in [2.75, 3.05) is 5.32 Å². The summed E-state index contributed by atoms with van der Waals surface area (Å²) in [6.45, 7) is 2.44. The van der Waals surface area contributed by atoms with Gasteiger partial charge in [0.1, 0.15) is 6.54 Å². The lowest BCUT2D eigenvalue weighted by Crippen LogP contribution is -2.32. The number of carbonyl (C=O) groups excluding carboxylic acids is 2. The maximum Gasteiger partial charge on any atom is 0.224 e. The topological polar surface area (TPSA) is 50.1 Å². The Kier molecular flexibility index (Phi) is 5.83. The van der Waals surface area contributed by atoms with Gasteiger partial charge in [-0.1, -0.05) is 6.07 Å². The zero-order valence-electron chi connectivity index (χ0n) is 12.8. The van der Waals surface area contributed by atoms with Gasteiger partial charge in [0.15, 0.2) is 18.2 Å². The molecule has 1 aromatic carbocycles. The van der Waals surface area contributed by atoms with Crippen molar-refractivity contribution in [2.24, 2.45) is 0 Å². The lowest BCUT2D eigenvalue weighted by molar-refractivity contribution is -0.697. The highest BCUT2D eigenvalue weighted by atomic mass is 16.1. The monoisotopic (exact) mass is 297 g/mol. The number of nitrogens with one attached hydrogen (secondary N) is 1. The fourth-order valence-corrected chi connectivity index (χ4v) is 2.18. The quantitative estimate of drug-likeness (QED) is 0.485. The van der Waals surface area contributed by atoms with Gasteiger partial charge in [-0.25, -0.2) is 4.57 Å². The molecule has 2 rings (SSSR count). The molecule has 4 nitrogen and oxygen atoms in total. The van der Waals surface area contributed by atoms with Crippen LogP contribution in [0.1, 0.15) is 36.5 Å². The molecule has 0 aliphatic heterocycles. The number of aromatic nitrogens is 1. The first kappa shape index (κ1) is 15.9. The van der Waals surface area contributed by atoms with Gasteiger partial charge in [0, 0.05) is 36.2 Å². The Morgan fingerprint density at radius 1 is 1.00 bits per heavy atom. The molecule has 0 unspecified atom stereocenters. The summed E-state index contributed by atoms with van der Waals surface area (Å²) < 4.78 is 2.11. The number of ketones is 1. The molecule has 1 aromatic heterocycles. The first-order chi connectivity index (χ1) is 10.6. The van der Waals surface area contributed by atoms with Crippen molar-refractivity contribution in [1.82, 2.24) is 0 Å². The van der Waals surface area contributed by atoms with Crippen LogP contribution in [0.4, 0.5) is 5.69 Å². The maximum atomic E-state index is 11.9. The normalized spacial score (nSPS) is 10.2. The number of anilines is 1. The lowest BCUT2D eigenvalue weighted by Gasteiger charge is -2.05. The van der Waals surface area contributed by atoms with Crippen molar-refractivity contribution in [3.63, 3.8) is 0 Å². The van der Waals surface area contributed by atoms with Crippen LogP contribution >= 0.6 is 0 Å². The summed E-state index contributed by atoms with van der Waals surface area (Å²) in [5, 5.41) is 2.85. The summed E-state index contributed by atoms with van der Waals surface area (Å²) in [7, 11) is 0. The Hall–Kier alpha value is -2.49. The van der Waals surface area contributed by atoms with E-state index in [1.807, 2.05) is 30.6 Å². The number of rotatable bonds is 7. The predicted molar refractivity (Wildman–Crippen MR) is 85.6 cm³/mol.